The topological polar surface area (TPSA) is 24.5 Å². The van der Waals surface area contributed by atoms with Gasteiger partial charge in [0, 0.05) is 44.9 Å². The van der Waals surface area contributed by atoms with Gasteiger partial charge in [0.1, 0.15) is 0 Å². The van der Waals surface area contributed by atoms with Crippen molar-refractivity contribution in [1.82, 2.24) is 10.2 Å². The number of rotatable bonds is 4. The van der Waals surface area contributed by atoms with Crippen LogP contribution in [0.1, 0.15) is 52.9 Å². The van der Waals surface area contributed by atoms with Crippen LogP contribution in [-0.4, -0.2) is 49.8 Å². The molecule has 1 aliphatic heterocycles. The summed E-state index contributed by atoms with van der Waals surface area (Å²) in [4.78, 5) is 2.74. The lowest BCUT2D eigenvalue weighted by molar-refractivity contribution is 0.0185. The second-order valence-corrected chi connectivity index (χ2v) is 7.57. The van der Waals surface area contributed by atoms with Crippen LogP contribution in [0.25, 0.3) is 0 Å². The molecule has 3 nitrogen and oxygen atoms in total. The Kier molecular flexibility index (Phi) is 4.91. The molecule has 0 aromatic carbocycles. The average molecular weight is 268 g/mol. The van der Waals surface area contributed by atoms with Crippen LogP contribution < -0.4 is 5.32 Å². The Labute approximate surface area is 119 Å². The zero-order valence-electron chi connectivity index (χ0n) is 13.3. The van der Waals surface area contributed by atoms with E-state index in [0.29, 0.717) is 17.0 Å². The molecule has 1 atom stereocenters. The molecule has 1 N–H and O–H groups in total. The van der Waals surface area contributed by atoms with E-state index in [4.69, 9.17) is 4.74 Å². The molecule has 3 heteroatoms. The Morgan fingerprint density at radius 2 is 1.95 bits per heavy atom. The average Bonchev–Trinajstić information content (AvgIpc) is 2.76. The zero-order chi connectivity index (χ0) is 13.9. The molecule has 1 heterocycles. The van der Waals surface area contributed by atoms with Crippen molar-refractivity contribution >= 4 is 0 Å². The molecule has 1 saturated carbocycles. The number of piperazine rings is 1. The summed E-state index contributed by atoms with van der Waals surface area (Å²) in [5, 5.41) is 3.90. The van der Waals surface area contributed by atoms with E-state index in [9.17, 15) is 0 Å². The third-order valence-electron chi connectivity index (χ3n) is 4.97. The summed E-state index contributed by atoms with van der Waals surface area (Å²) in [5.74, 6) is 0. The van der Waals surface area contributed by atoms with E-state index in [1.54, 1.807) is 7.11 Å². The predicted octanol–water partition coefficient (Wildman–Crippen LogP) is 2.66. The van der Waals surface area contributed by atoms with Crippen LogP contribution in [0, 0.1) is 5.41 Å². The molecule has 2 fully saturated rings. The quantitative estimate of drug-likeness (QED) is 0.793. The molecule has 0 aromatic heterocycles. The SMILES string of the molecule is COCCCN1CC2(CCCC2)NCC1C(C)(C)C. The second kappa shape index (κ2) is 6.11. The molecular weight excluding hydrogens is 236 g/mol. The van der Waals surface area contributed by atoms with Crippen LogP contribution in [0.5, 0.6) is 0 Å². The van der Waals surface area contributed by atoms with Gasteiger partial charge in [-0.15, -0.1) is 0 Å². The van der Waals surface area contributed by atoms with Crippen molar-refractivity contribution < 1.29 is 4.74 Å². The van der Waals surface area contributed by atoms with Crippen LogP contribution in [0.15, 0.2) is 0 Å². The van der Waals surface area contributed by atoms with E-state index in [2.05, 4.69) is 31.0 Å². The molecule has 1 spiro atoms. The number of methoxy groups -OCH3 is 1. The van der Waals surface area contributed by atoms with E-state index in [-0.39, 0.29) is 0 Å². The Hall–Kier alpha value is -0.120. The summed E-state index contributed by atoms with van der Waals surface area (Å²) in [5.41, 5.74) is 0.773. The van der Waals surface area contributed by atoms with Gasteiger partial charge < -0.3 is 10.1 Å². The molecule has 112 valence electrons. The first-order valence-electron chi connectivity index (χ1n) is 7.95. The highest BCUT2D eigenvalue weighted by atomic mass is 16.5. The largest absolute Gasteiger partial charge is 0.385 e. The van der Waals surface area contributed by atoms with E-state index < -0.39 is 0 Å². The van der Waals surface area contributed by atoms with Gasteiger partial charge >= 0.3 is 0 Å². The van der Waals surface area contributed by atoms with Gasteiger partial charge in [-0.1, -0.05) is 33.6 Å². The summed E-state index contributed by atoms with van der Waals surface area (Å²) in [7, 11) is 1.80. The lowest BCUT2D eigenvalue weighted by atomic mass is 9.81. The highest BCUT2D eigenvalue weighted by molar-refractivity contribution is 5.03. The predicted molar refractivity (Wildman–Crippen MR) is 80.5 cm³/mol. The van der Waals surface area contributed by atoms with Crippen molar-refractivity contribution in [3.8, 4) is 0 Å². The number of hydrogen-bond acceptors (Lipinski definition) is 3. The minimum atomic E-state index is 0.348. The summed E-state index contributed by atoms with van der Waals surface area (Å²) >= 11 is 0. The fourth-order valence-electron chi connectivity index (χ4n) is 3.88. The van der Waals surface area contributed by atoms with E-state index in [1.165, 1.54) is 38.8 Å². The Balaban J connectivity index is 2.00. The molecule has 1 aliphatic carbocycles. The fourth-order valence-corrected chi connectivity index (χ4v) is 3.88. The van der Waals surface area contributed by atoms with Crippen molar-refractivity contribution in [2.75, 3.05) is 33.4 Å². The summed E-state index contributed by atoms with van der Waals surface area (Å²) in [6, 6.07) is 0.649. The lowest BCUT2D eigenvalue weighted by Crippen LogP contribution is -2.66. The third-order valence-corrected chi connectivity index (χ3v) is 4.97. The molecule has 1 unspecified atom stereocenters. The van der Waals surface area contributed by atoms with Gasteiger partial charge in [-0.25, -0.2) is 0 Å². The molecule has 2 rings (SSSR count). The standard InChI is InChI=1S/C16H32N2O/c1-15(2,3)14-12-17-16(8-5-6-9-16)13-18(14)10-7-11-19-4/h14,17H,5-13H2,1-4H3. The van der Waals surface area contributed by atoms with E-state index in [0.717, 1.165) is 19.6 Å². The first kappa shape index (κ1) is 15.3. The molecule has 2 aliphatic rings. The summed E-state index contributed by atoms with van der Waals surface area (Å²) in [6.45, 7) is 11.6. The monoisotopic (exact) mass is 268 g/mol. The van der Waals surface area contributed by atoms with Crippen molar-refractivity contribution in [2.24, 2.45) is 5.41 Å². The van der Waals surface area contributed by atoms with Gasteiger partial charge in [-0.2, -0.15) is 0 Å². The minimum Gasteiger partial charge on any atom is -0.385 e. The van der Waals surface area contributed by atoms with Gasteiger partial charge in [0.05, 0.1) is 0 Å². The Morgan fingerprint density at radius 1 is 1.26 bits per heavy atom. The number of hydrogen-bond donors (Lipinski definition) is 1. The van der Waals surface area contributed by atoms with Crippen LogP contribution in [0.2, 0.25) is 0 Å². The normalized spacial score (nSPS) is 28.1. The molecule has 0 aromatic rings. The van der Waals surface area contributed by atoms with Gasteiger partial charge in [-0.3, -0.25) is 4.90 Å². The van der Waals surface area contributed by atoms with Gasteiger partial charge in [0.25, 0.3) is 0 Å². The van der Waals surface area contributed by atoms with Crippen LogP contribution in [0.3, 0.4) is 0 Å². The Bertz CT molecular complexity index is 279. The van der Waals surface area contributed by atoms with Crippen LogP contribution >= 0.6 is 0 Å². The minimum absolute atomic E-state index is 0.348. The van der Waals surface area contributed by atoms with Gasteiger partial charge in [-0.05, 0) is 24.7 Å². The molecule has 19 heavy (non-hydrogen) atoms. The van der Waals surface area contributed by atoms with E-state index in [1.807, 2.05) is 0 Å². The maximum atomic E-state index is 5.23. The number of ether oxygens (including phenoxy) is 1. The highest BCUT2D eigenvalue weighted by Gasteiger charge is 2.43. The molecule has 0 amide bonds. The first-order chi connectivity index (χ1) is 8.97. The molecule has 0 radical (unpaired) electrons. The third kappa shape index (κ3) is 3.71. The van der Waals surface area contributed by atoms with Crippen molar-refractivity contribution in [2.45, 2.75) is 64.5 Å². The highest BCUT2D eigenvalue weighted by Crippen LogP contribution is 2.36. The fraction of sp³-hybridized carbons (Fsp3) is 1.00. The van der Waals surface area contributed by atoms with Crippen molar-refractivity contribution in [1.29, 1.82) is 0 Å². The molecule has 0 bridgehead atoms. The van der Waals surface area contributed by atoms with Crippen molar-refractivity contribution in [3.63, 3.8) is 0 Å². The van der Waals surface area contributed by atoms with Gasteiger partial charge in [0.2, 0.25) is 0 Å². The smallest absolute Gasteiger partial charge is 0.0474 e. The van der Waals surface area contributed by atoms with Crippen molar-refractivity contribution in [3.05, 3.63) is 0 Å². The number of nitrogens with one attached hydrogen (secondary N) is 1. The maximum absolute atomic E-state index is 5.23. The second-order valence-electron chi connectivity index (χ2n) is 7.57. The molecular formula is C16H32N2O. The van der Waals surface area contributed by atoms with Crippen LogP contribution in [-0.2, 0) is 4.74 Å². The lowest BCUT2D eigenvalue weighted by Gasteiger charge is -2.51. The summed E-state index contributed by atoms with van der Waals surface area (Å²) < 4.78 is 5.23. The Morgan fingerprint density at radius 3 is 2.53 bits per heavy atom. The van der Waals surface area contributed by atoms with E-state index >= 15 is 0 Å². The zero-order valence-corrected chi connectivity index (χ0v) is 13.3. The maximum Gasteiger partial charge on any atom is 0.0474 e. The number of nitrogens with zero attached hydrogens (tertiary/aromatic N) is 1. The summed E-state index contributed by atoms with van der Waals surface area (Å²) in [6.07, 6.45) is 6.69. The van der Waals surface area contributed by atoms with Crippen LogP contribution in [0.4, 0.5) is 0 Å². The van der Waals surface area contributed by atoms with Gasteiger partial charge in [0.15, 0.2) is 0 Å². The first-order valence-corrected chi connectivity index (χ1v) is 7.95. The molecule has 1 saturated heterocycles.